The number of benzene rings is 1. The molecule has 3 aliphatic rings. The summed E-state index contributed by atoms with van der Waals surface area (Å²) in [4.78, 5) is 12.1. The zero-order chi connectivity index (χ0) is 15.5. The van der Waals surface area contributed by atoms with Crippen molar-refractivity contribution in [3.63, 3.8) is 0 Å². The summed E-state index contributed by atoms with van der Waals surface area (Å²) in [5.41, 5.74) is 1.25. The van der Waals surface area contributed by atoms with E-state index in [1.807, 2.05) is 30.3 Å². The second-order valence-corrected chi connectivity index (χ2v) is 6.94. The molecule has 120 valence electrons. The number of amides is 1. The number of hydrogen-bond acceptors (Lipinski definition) is 3. The largest absolute Gasteiger partial charge is 0.445 e. The number of nitrogens with one attached hydrogen (secondary N) is 1. The van der Waals surface area contributed by atoms with Crippen molar-refractivity contribution < 1.29 is 14.6 Å². The fraction of sp³-hybridized carbons (Fsp3) is 0.611. The van der Waals surface area contributed by atoms with E-state index in [0.717, 1.165) is 50.5 Å². The first-order valence-electron chi connectivity index (χ1n) is 8.25. The molecule has 1 amide bonds. The van der Waals surface area contributed by atoms with E-state index < -0.39 is 0 Å². The molecular weight excluding hydrogens is 278 g/mol. The summed E-state index contributed by atoms with van der Waals surface area (Å²) < 4.78 is 5.36. The molecule has 0 unspecified atom stereocenters. The van der Waals surface area contributed by atoms with Crippen LogP contribution in [0.2, 0.25) is 0 Å². The van der Waals surface area contributed by atoms with Crippen LogP contribution >= 0.6 is 0 Å². The van der Waals surface area contributed by atoms with Crippen molar-refractivity contribution >= 4 is 6.09 Å². The molecule has 1 aromatic rings. The average molecular weight is 303 g/mol. The second-order valence-electron chi connectivity index (χ2n) is 6.94. The van der Waals surface area contributed by atoms with Gasteiger partial charge in [-0.3, -0.25) is 0 Å². The van der Waals surface area contributed by atoms with Gasteiger partial charge in [0.05, 0.1) is 0 Å². The number of alkyl carbamates (subject to hydrolysis) is 1. The fourth-order valence-electron chi connectivity index (χ4n) is 4.04. The molecule has 0 aromatic heterocycles. The summed E-state index contributed by atoms with van der Waals surface area (Å²) in [6.45, 7) is 0.594. The van der Waals surface area contributed by atoms with Crippen LogP contribution in [0.15, 0.2) is 30.3 Å². The van der Waals surface area contributed by atoms with Gasteiger partial charge in [0.25, 0.3) is 0 Å². The van der Waals surface area contributed by atoms with Crippen LogP contribution in [0.25, 0.3) is 0 Å². The van der Waals surface area contributed by atoms with Crippen LogP contribution in [0.5, 0.6) is 0 Å². The van der Waals surface area contributed by atoms with Gasteiger partial charge >= 0.3 is 6.09 Å². The molecule has 2 N–H and O–H groups in total. The Morgan fingerprint density at radius 3 is 2.32 bits per heavy atom. The number of aliphatic hydroxyl groups excluding tert-OH is 1. The SMILES string of the molecule is O=C(NC12CCC(CCO)(CC1)CC2)OCc1ccccc1. The smallest absolute Gasteiger partial charge is 0.407 e. The van der Waals surface area contributed by atoms with Gasteiger partial charge in [-0.2, -0.15) is 0 Å². The minimum absolute atomic E-state index is 0.0784. The van der Waals surface area contributed by atoms with Gasteiger partial charge < -0.3 is 15.2 Å². The van der Waals surface area contributed by atoms with E-state index in [-0.39, 0.29) is 18.2 Å². The van der Waals surface area contributed by atoms with Crippen molar-refractivity contribution in [3.8, 4) is 0 Å². The molecule has 0 spiro atoms. The van der Waals surface area contributed by atoms with E-state index in [4.69, 9.17) is 4.74 Å². The minimum atomic E-state index is -0.305. The Kier molecular flexibility index (Phi) is 4.39. The van der Waals surface area contributed by atoms with Crippen LogP contribution in [0.3, 0.4) is 0 Å². The molecule has 0 aliphatic heterocycles. The van der Waals surface area contributed by atoms with Crippen molar-refractivity contribution in [3.05, 3.63) is 35.9 Å². The Morgan fingerprint density at radius 2 is 1.73 bits per heavy atom. The Balaban J connectivity index is 1.50. The van der Waals surface area contributed by atoms with E-state index in [1.165, 1.54) is 0 Å². The highest BCUT2D eigenvalue weighted by Gasteiger charge is 2.48. The van der Waals surface area contributed by atoms with Gasteiger partial charge in [0, 0.05) is 12.1 Å². The third-order valence-corrected chi connectivity index (χ3v) is 5.62. The third-order valence-electron chi connectivity index (χ3n) is 5.62. The number of fused-ring (bicyclic) bond motifs is 3. The second kappa shape index (κ2) is 6.29. The topological polar surface area (TPSA) is 58.6 Å². The standard InChI is InChI=1S/C18H25NO3/c20-13-12-17-6-9-18(10-7-17,11-8-17)19-16(21)22-14-15-4-2-1-3-5-15/h1-5,20H,6-14H2,(H,19,21). The molecule has 4 heteroatoms. The van der Waals surface area contributed by atoms with Gasteiger partial charge in [-0.1, -0.05) is 30.3 Å². The highest BCUT2D eigenvalue weighted by atomic mass is 16.5. The number of carbonyl (C=O) groups excluding carboxylic acids is 1. The normalized spacial score (nSPS) is 30.0. The van der Waals surface area contributed by atoms with Crippen molar-refractivity contribution in [2.24, 2.45) is 5.41 Å². The molecule has 3 saturated carbocycles. The minimum Gasteiger partial charge on any atom is -0.445 e. The maximum absolute atomic E-state index is 12.1. The van der Waals surface area contributed by atoms with Gasteiger partial charge in [0.15, 0.2) is 0 Å². The Labute approximate surface area is 131 Å². The van der Waals surface area contributed by atoms with Gasteiger partial charge in [0.2, 0.25) is 0 Å². The quantitative estimate of drug-likeness (QED) is 0.876. The van der Waals surface area contributed by atoms with Crippen molar-refractivity contribution in [2.75, 3.05) is 6.61 Å². The summed E-state index contributed by atoms with van der Waals surface area (Å²) in [5, 5.41) is 12.4. The Bertz CT molecular complexity index is 490. The monoisotopic (exact) mass is 303 g/mol. The molecule has 3 aliphatic carbocycles. The lowest BCUT2D eigenvalue weighted by Crippen LogP contribution is -2.56. The van der Waals surface area contributed by atoms with Gasteiger partial charge in [-0.25, -0.2) is 4.79 Å². The van der Waals surface area contributed by atoms with E-state index in [1.54, 1.807) is 0 Å². The lowest BCUT2D eigenvalue weighted by molar-refractivity contribution is 0.00423. The molecule has 0 radical (unpaired) electrons. The zero-order valence-electron chi connectivity index (χ0n) is 13.0. The summed E-state index contributed by atoms with van der Waals surface area (Å²) in [6.07, 6.45) is 6.93. The molecule has 0 heterocycles. The number of hydrogen-bond donors (Lipinski definition) is 2. The van der Waals surface area contributed by atoms with Crippen molar-refractivity contribution in [1.82, 2.24) is 5.32 Å². The highest BCUT2D eigenvalue weighted by Crippen LogP contribution is 2.53. The van der Waals surface area contributed by atoms with Crippen LogP contribution in [0.4, 0.5) is 4.79 Å². The molecular formula is C18H25NO3. The first-order valence-corrected chi connectivity index (χ1v) is 8.25. The maximum Gasteiger partial charge on any atom is 0.407 e. The fourth-order valence-corrected chi connectivity index (χ4v) is 4.04. The predicted molar refractivity (Wildman–Crippen MR) is 84.3 cm³/mol. The highest BCUT2D eigenvalue weighted by molar-refractivity contribution is 5.68. The summed E-state index contributed by atoms with van der Waals surface area (Å²) in [6, 6.07) is 9.74. The Hall–Kier alpha value is -1.55. The van der Waals surface area contributed by atoms with Gasteiger partial charge in [-0.05, 0) is 55.9 Å². The van der Waals surface area contributed by atoms with E-state index >= 15 is 0 Å². The third kappa shape index (κ3) is 3.27. The number of carbonyl (C=O) groups is 1. The van der Waals surface area contributed by atoms with Gasteiger partial charge in [0.1, 0.15) is 6.61 Å². The van der Waals surface area contributed by atoms with E-state index in [0.29, 0.717) is 12.0 Å². The molecule has 2 bridgehead atoms. The number of rotatable bonds is 5. The number of aliphatic hydroxyl groups is 1. The van der Waals surface area contributed by atoms with Crippen LogP contribution in [-0.2, 0) is 11.3 Å². The van der Waals surface area contributed by atoms with Crippen molar-refractivity contribution in [2.45, 2.75) is 57.1 Å². The van der Waals surface area contributed by atoms with Crippen LogP contribution < -0.4 is 5.32 Å². The molecule has 4 nitrogen and oxygen atoms in total. The first kappa shape index (κ1) is 15.3. The lowest BCUT2D eigenvalue weighted by Gasteiger charge is -2.53. The molecule has 4 rings (SSSR count). The molecule has 0 atom stereocenters. The van der Waals surface area contributed by atoms with Crippen LogP contribution in [0, 0.1) is 5.41 Å². The molecule has 0 saturated heterocycles. The molecule has 1 aromatic carbocycles. The zero-order valence-corrected chi connectivity index (χ0v) is 13.0. The number of ether oxygens (including phenoxy) is 1. The van der Waals surface area contributed by atoms with E-state index in [9.17, 15) is 9.90 Å². The van der Waals surface area contributed by atoms with Gasteiger partial charge in [-0.15, -0.1) is 0 Å². The summed E-state index contributed by atoms with van der Waals surface area (Å²) in [5.74, 6) is 0. The average Bonchev–Trinajstić information content (AvgIpc) is 2.56. The first-order chi connectivity index (χ1) is 10.7. The summed E-state index contributed by atoms with van der Waals surface area (Å²) in [7, 11) is 0. The maximum atomic E-state index is 12.1. The van der Waals surface area contributed by atoms with Crippen LogP contribution in [0.1, 0.15) is 50.5 Å². The summed E-state index contributed by atoms with van der Waals surface area (Å²) >= 11 is 0. The lowest BCUT2D eigenvalue weighted by atomic mass is 9.56. The van der Waals surface area contributed by atoms with Crippen molar-refractivity contribution in [1.29, 1.82) is 0 Å². The molecule has 22 heavy (non-hydrogen) atoms. The predicted octanol–water partition coefficient (Wildman–Crippen LogP) is 3.39. The van der Waals surface area contributed by atoms with E-state index in [2.05, 4.69) is 5.32 Å². The van der Waals surface area contributed by atoms with Crippen LogP contribution in [-0.4, -0.2) is 23.3 Å². The Morgan fingerprint density at radius 1 is 1.09 bits per heavy atom. The molecule has 3 fully saturated rings.